The Labute approximate surface area is 279 Å². The highest BCUT2D eigenvalue weighted by molar-refractivity contribution is 6.06. The molecule has 7 aromatic rings. The third-order valence-electron chi connectivity index (χ3n) is 7.69. The number of hydrogen-bond acceptors (Lipinski definition) is 4. The van der Waals surface area contributed by atoms with Crippen LogP contribution in [-0.2, 0) is 18.3 Å². The number of fused-ring (bicyclic) bond motifs is 4. The predicted octanol–water partition coefficient (Wildman–Crippen LogP) is 8.11. The highest BCUT2D eigenvalue weighted by Crippen LogP contribution is 2.15. The monoisotopic (exact) mass is 631 g/mol. The normalized spacial score (nSPS) is 11.1. The summed E-state index contributed by atoms with van der Waals surface area (Å²) < 4.78 is 1.84. The highest BCUT2D eigenvalue weighted by Gasteiger charge is 2.03. The van der Waals surface area contributed by atoms with Gasteiger partial charge in [0.15, 0.2) is 0 Å². The number of carbonyl (C=O) groups is 1. The highest BCUT2D eigenvalue weighted by atomic mass is 16.1. The molecule has 4 heterocycles. The first-order chi connectivity index (χ1) is 22.7. The number of nitrogens with one attached hydrogen (secondary N) is 2. The minimum Gasteiger partial charge on any atom is -0.278 e. The molecule has 8 nitrogen and oxygen atoms in total. The summed E-state index contributed by atoms with van der Waals surface area (Å²) in [5.41, 5.74) is 8.32. The molecule has 0 fully saturated rings. The van der Waals surface area contributed by atoms with E-state index >= 15 is 0 Å². The van der Waals surface area contributed by atoms with Crippen LogP contribution in [0.5, 0.6) is 0 Å². The number of H-pyrrole nitrogens is 2. The molecular weight excluding hydrogens is 582 g/mol. The number of rotatable bonds is 2. The number of aromatic nitrogens is 6. The summed E-state index contributed by atoms with van der Waals surface area (Å²) in [5.74, 6) is -0.144. The summed E-state index contributed by atoms with van der Waals surface area (Å²) in [5, 5.41) is 23.4. The maximum Gasteiger partial charge on any atom is 0.270 e. The fourth-order valence-corrected chi connectivity index (χ4v) is 4.80. The molecule has 0 spiro atoms. The van der Waals surface area contributed by atoms with Crippen LogP contribution in [0.15, 0.2) is 96.4 Å². The maximum absolute atomic E-state index is 10.8. The quantitative estimate of drug-likeness (QED) is 0.201. The van der Waals surface area contributed by atoms with Crippen molar-refractivity contribution in [2.24, 2.45) is 12.0 Å². The molecule has 8 rings (SSSR count). The molecule has 0 saturated carbocycles. The van der Waals surface area contributed by atoms with E-state index in [9.17, 15) is 4.79 Å². The first-order valence-corrected chi connectivity index (χ1v) is 16.1. The van der Waals surface area contributed by atoms with Crippen molar-refractivity contribution in [3.05, 3.63) is 124 Å². The molecule has 0 aliphatic carbocycles. The van der Waals surface area contributed by atoms with Crippen molar-refractivity contribution in [2.75, 3.05) is 0 Å². The Bertz CT molecular complexity index is 2200. The Morgan fingerprint density at radius 1 is 0.766 bits per heavy atom. The van der Waals surface area contributed by atoms with Crippen molar-refractivity contribution < 1.29 is 7.65 Å². The average Bonchev–Trinajstić information content (AvgIpc) is 3.88. The first-order valence-electron chi connectivity index (χ1n) is 16.1. The van der Waals surface area contributed by atoms with Gasteiger partial charge in [-0.15, -0.1) is 0 Å². The molecule has 1 amide bonds. The van der Waals surface area contributed by atoms with Gasteiger partial charge in [-0.1, -0.05) is 81.6 Å². The number of aryl methyl sites for hydroxylation is 5. The second kappa shape index (κ2) is 16.8. The zero-order chi connectivity index (χ0) is 33.8. The molecule has 1 aliphatic heterocycles. The number of aromatic amines is 2. The van der Waals surface area contributed by atoms with E-state index in [1.54, 1.807) is 6.08 Å². The number of unbranched alkanes of at least 4 members (excludes halogenated alkanes) is 1. The standard InChI is InChI=1S/2C9H10N2.C9H7NO.C8H8N2.C4H10.2H2/c1-7-4-3-5-9-8(7)6-11(2)10-9;1-2-7-3-4-8-6-10-11-9(8)5-7;1-6-3-2-4-8-7(6)5-9(11)10-8;1-6-2-3-8-7(4-6)5-9-10-8;1-3-4-2;;/h3-6H,1-2H3;3-6H,2H2,1H3,(H,10,11);2-5H,1H3;2-5H,1H3,(H,9,10);3-4H2,1-2H3;2*1H. The summed E-state index contributed by atoms with van der Waals surface area (Å²) in [7, 11) is 1.94. The smallest absolute Gasteiger partial charge is 0.270 e. The molecule has 0 atom stereocenters. The molecule has 0 saturated heterocycles. The van der Waals surface area contributed by atoms with Crippen molar-refractivity contribution >= 4 is 44.7 Å². The van der Waals surface area contributed by atoms with E-state index in [2.05, 4.69) is 102 Å². The Balaban J connectivity index is 0.000000216. The van der Waals surface area contributed by atoms with Gasteiger partial charge >= 0.3 is 0 Å². The van der Waals surface area contributed by atoms with Gasteiger partial charge in [-0.05, 0) is 74.2 Å². The van der Waals surface area contributed by atoms with Gasteiger partial charge in [0.25, 0.3) is 5.91 Å². The van der Waals surface area contributed by atoms with Gasteiger partial charge in [-0.25, -0.2) is 4.99 Å². The molecule has 3 aromatic heterocycles. The van der Waals surface area contributed by atoms with E-state index in [1.807, 2.05) is 73.6 Å². The summed E-state index contributed by atoms with van der Waals surface area (Å²) >= 11 is 0. The lowest BCUT2D eigenvalue weighted by Crippen LogP contribution is -2.23. The lowest BCUT2D eigenvalue weighted by atomic mass is 10.1. The van der Waals surface area contributed by atoms with Gasteiger partial charge < -0.3 is 0 Å². The Morgan fingerprint density at radius 3 is 2.17 bits per heavy atom. The molecule has 2 N–H and O–H groups in total. The van der Waals surface area contributed by atoms with Crippen LogP contribution in [0.3, 0.4) is 0 Å². The van der Waals surface area contributed by atoms with Crippen molar-refractivity contribution in [3.8, 4) is 0 Å². The molecule has 4 aromatic carbocycles. The zero-order valence-electron chi connectivity index (χ0n) is 28.5. The second-order valence-corrected chi connectivity index (χ2v) is 11.5. The Morgan fingerprint density at radius 2 is 1.47 bits per heavy atom. The van der Waals surface area contributed by atoms with Crippen LogP contribution in [0.4, 0.5) is 0 Å². The van der Waals surface area contributed by atoms with E-state index in [0.717, 1.165) is 39.1 Å². The predicted molar refractivity (Wildman–Crippen MR) is 198 cm³/mol. The van der Waals surface area contributed by atoms with Crippen LogP contribution in [-0.4, -0.2) is 36.1 Å². The number of benzene rings is 4. The van der Waals surface area contributed by atoms with Gasteiger partial charge in [-0.2, -0.15) is 15.3 Å². The van der Waals surface area contributed by atoms with Crippen LogP contribution in [0.25, 0.3) is 38.8 Å². The maximum atomic E-state index is 10.8. The minimum absolute atomic E-state index is 0. The third kappa shape index (κ3) is 9.56. The number of carbonyl (C=O) groups excluding carboxylic acids is 1. The van der Waals surface area contributed by atoms with Crippen molar-refractivity contribution in [3.63, 3.8) is 0 Å². The summed E-state index contributed by atoms with van der Waals surface area (Å²) in [6, 6.07) is 24.5. The molecule has 0 unspecified atom stereocenters. The van der Waals surface area contributed by atoms with Gasteiger partial charge in [0, 0.05) is 43.6 Å². The van der Waals surface area contributed by atoms with E-state index in [4.69, 9.17) is 0 Å². The summed E-state index contributed by atoms with van der Waals surface area (Å²) in [6.07, 6.45) is 11.0. The van der Waals surface area contributed by atoms with E-state index in [0.29, 0.717) is 0 Å². The van der Waals surface area contributed by atoms with Gasteiger partial charge in [0.1, 0.15) is 0 Å². The minimum atomic E-state index is -0.144. The van der Waals surface area contributed by atoms with E-state index < -0.39 is 0 Å². The van der Waals surface area contributed by atoms with Gasteiger partial charge in [0.2, 0.25) is 0 Å². The number of nitrogens with zero attached hydrogens (tertiary/aromatic N) is 5. The Kier molecular flexibility index (Phi) is 12.3. The van der Waals surface area contributed by atoms with Crippen LogP contribution >= 0.6 is 0 Å². The molecule has 8 heteroatoms. The molecular formula is C39H49N7O. The Hall–Kier alpha value is -5.37. The SMILES string of the molecule is CCCC.CCc1ccc2cn[nH]c2c1.Cc1ccc2[nH]ncc2c1.Cc1cccc2c1=CC(=O)N=2.Cc1cccc2nn(C)cc12.[HH].[HH]. The average molecular weight is 632 g/mol. The van der Waals surface area contributed by atoms with Crippen molar-refractivity contribution in [2.45, 2.75) is 60.8 Å². The molecule has 0 bridgehead atoms. The van der Waals surface area contributed by atoms with Crippen molar-refractivity contribution in [1.82, 2.24) is 30.2 Å². The third-order valence-corrected chi connectivity index (χ3v) is 7.69. The molecule has 1 aliphatic rings. The summed E-state index contributed by atoms with van der Waals surface area (Å²) in [6.45, 7) is 12.7. The van der Waals surface area contributed by atoms with Crippen LogP contribution < -0.4 is 10.6 Å². The zero-order valence-corrected chi connectivity index (χ0v) is 28.5. The molecule has 47 heavy (non-hydrogen) atoms. The van der Waals surface area contributed by atoms with Crippen LogP contribution in [0.1, 0.15) is 58.7 Å². The fourth-order valence-electron chi connectivity index (χ4n) is 4.80. The van der Waals surface area contributed by atoms with E-state index in [-0.39, 0.29) is 8.76 Å². The fraction of sp³-hybridized carbons (Fsp3) is 0.256. The molecule has 0 radical (unpaired) electrons. The lowest BCUT2D eigenvalue weighted by Gasteiger charge is -1.93. The molecule has 246 valence electrons. The largest absolute Gasteiger partial charge is 0.278 e. The number of amides is 1. The first kappa shape index (κ1) is 34.5. The number of hydrogen-bond donors (Lipinski definition) is 2. The van der Waals surface area contributed by atoms with Gasteiger partial charge in [0.05, 0.1) is 34.3 Å². The summed E-state index contributed by atoms with van der Waals surface area (Å²) in [4.78, 5) is 14.6. The van der Waals surface area contributed by atoms with Crippen LogP contribution in [0.2, 0.25) is 0 Å². The lowest BCUT2D eigenvalue weighted by molar-refractivity contribution is -0.112. The van der Waals surface area contributed by atoms with E-state index in [1.165, 1.54) is 45.7 Å². The van der Waals surface area contributed by atoms with Gasteiger partial charge in [-0.3, -0.25) is 19.7 Å². The topological polar surface area (TPSA) is 105 Å². The van der Waals surface area contributed by atoms with Crippen LogP contribution in [0, 0.1) is 20.8 Å². The van der Waals surface area contributed by atoms with Crippen molar-refractivity contribution in [1.29, 1.82) is 0 Å². The second-order valence-electron chi connectivity index (χ2n) is 11.5.